The lowest BCUT2D eigenvalue weighted by molar-refractivity contribution is 1.12. The van der Waals surface area contributed by atoms with Gasteiger partial charge in [-0.2, -0.15) is 0 Å². The van der Waals surface area contributed by atoms with E-state index in [2.05, 4.69) is 11.1 Å². The van der Waals surface area contributed by atoms with Gasteiger partial charge in [0.05, 0.1) is 4.90 Å². The number of pyridine rings is 1. The molecule has 0 spiro atoms. The Morgan fingerprint density at radius 3 is 2.81 bits per heavy atom. The summed E-state index contributed by atoms with van der Waals surface area (Å²) < 4.78 is 0. The summed E-state index contributed by atoms with van der Waals surface area (Å²) >= 11 is 7.60. The Morgan fingerprint density at radius 2 is 2.10 bits per heavy atom. The van der Waals surface area contributed by atoms with E-state index in [-0.39, 0.29) is 0 Å². The third kappa shape index (κ3) is 3.71. The maximum absolute atomic E-state index is 6.06. The smallest absolute Gasteiger partial charge is 0.139 e. The zero-order valence-corrected chi connectivity index (χ0v) is 13.6. The summed E-state index contributed by atoms with van der Waals surface area (Å²) in [5.74, 6) is 0.453. The molecule has 2 aromatic rings. The molecule has 0 aliphatic carbocycles. The topological polar surface area (TPSA) is 64.9 Å². The summed E-state index contributed by atoms with van der Waals surface area (Å²) in [5.41, 5.74) is 14.9. The number of nitrogens with two attached hydrogens (primary N) is 2. The van der Waals surface area contributed by atoms with Gasteiger partial charge in [0.2, 0.25) is 0 Å². The number of benzene rings is 1. The minimum atomic E-state index is 0.417. The Balaban J connectivity index is 2.45. The molecule has 0 saturated heterocycles. The normalized spacial score (nSPS) is 11.2. The van der Waals surface area contributed by atoms with Crippen LogP contribution in [0, 0.1) is 6.92 Å². The third-order valence-electron chi connectivity index (χ3n) is 3.16. The van der Waals surface area contributed by atoms with Crippen molar-refractivity contribution >= 4 is 34.9 Å². The molecule has 110 valence electrons. The first-order valence-electron chi connectivity index (χ1n) is 6.62. The van der Waals surface area contributed by atoms with Crippen molar-refractivity contribution in [3.63, 3.8) is 0 Å². The molecule has 0 bridgehead atoms. The fourth-order valence-electron chi connectivity index (χ4n) is 1.94. The third-order valence-corrected chi connectivity index (χ3v) is 4.69. The van der Waals surface area contributed by atoms with Crippen molar-refractivity contribution in [3.8, 4) is 0 Å². The zero-order valence-electron chi connectivity index (χ0n) is 12.1. The van der Waals surface area contributed by atoms with Crippen LogP contribution in [0.25, 0.3) is 0 Å². The number of allylic oxidation sites excluding steroid dienone is 2. The van der Waals surface area contributed by atoms with Crippen LogP contribution in [0.1, 0.15) is 18.1 Å². The quantitative estimate of drug-likeness (QED) is 0.495. The highest BCUT2D eigenvalue weighted by atomic mass is 35.5. The van der Waals surface area contributed by atoms with Crippen LogP contribution in [-0.2, 0) is 6.42 Å². The molecule has 2 rings (SSSR count). The molecule has 0 unspecified atom stereocenters. The summed E-state index contributed by atoms with van der Waals surface area (Å²) in [7, 11) is 0. The van der Waals surface area contributed by atoms with Crippen LogP contribution >= 0.6 is 23.4 Å². The van der Waals surface area contributed by atoms with Gasteiger partial charge in [0.25, 0.3) is 0 Å². The molecule has 1 heterocycles. The molecule has 0 fully saturated rings. The summed E-state index contributed by atoms with van der Waals surface area (Å²) in [5, 5.41) is 0.417. The number of anilines is 2. The molecule has 0 saturated carbocycles. The Kier molecular flexibility index (Phi) is 5.15. The van der Waals surface area contributed by atoms with Crippen molar-refractivity contribution in [3.05, 3.63) is 52.7 Å². The summed E-state index contributed by atoms with van der Waals surface area (Å²) in [6.07, 6.45) is 4.85. The lowest BCUT2D eigenvalue weighted by Crippen LogP contribution is -1.99. The lowest BCUT2D eigenvalue weighted by Gasteiger charge is -2.13. The molecule has 0 radical (unpaired) electrons. The summed E-state index contributed by atoms with van der Waals surface area (Å²) in [6, 6.07) is 7.73. The predicted molar refractivity (Wildman–Crippen MR) is 91.9 cm³/mol. The number of halogens is 1. The number of nitrogen functional groups attached to an aromatic ring is 2. The Labute approximate surface area is 134 Å². The second-order valence-electron chi connectivity index (χ2n) is 4.66. The van der Waals surface area contributed by atoms with Crippen molar-refractivity contribution in [1.29, 1.82) is 0 Å². The minimum absolute atomic E-state index is 0.417. The van der Waals surface area contributed by atoms with Gasteiger partial charge in [-0.15, -0.1) is 0 Å². The van der Waals surface area contributed by atoms with Crippen molar-refractivity contribution in [2.24, 2.45) is 0 Å². The first kappa shape index (κ1) is 15.7. The minimum Gasteiger partial charge on any atom is -0.398 e. The molecule has 0 aliphatic rings. The maximum atomic E-state index is 6.06. The van der Waals surface area contributed by atoms with Crippen LogP contribution in [0.4, 0.5) is 11.5 Å². The van der Waals surface area contributed by atoms with E-state index in [1.165, 1.54) is 0 Å². The van der Waals surface area contributed by atoms with E-state index < -0.39 is 0 Å². The number of hydrogen-bond donors (Lipinski definition) is 2. The van der Waals surface area contributed by atoms with Crippen LogP contribution in [0.5, 0.6) is 0 Å². The highest BCUT2D eigenvalue weighted by Crippen LogP contribution is 2.38. The van der Waals surface area contributed by atoms with E-state index in [0.29, 0.717) is 11.0 Å². The molecule has 21 heavy (non-hydrogen) atoms. The second-order valence-corrected chi connectivity index (χ2v) is 6.10. The molecular formula is C16H18ClN3S. The van der Waals surface area contributed by atoms with Gasteiger partial charge in [0.15, 0.2) is 0 Å². The van der Waals surface area contributed by atoms with E-state index in [1.54, 1.807) is 11.8 Å². The first-order valence-corrected chi connectivity index (χ1v) is 7.81. The van der Waals surface area contributed by atoms with Gasteiger partial charge in [-0.3, -0.25) is 0 Å². The van der Waals surface area contributed by atoms with Gasteiger partial charge in [-0.05, 0) is 49.6 Å². The van der Waals surface area contributed by atoms with Gasteiger partial charge < -0.3 is 11.5 Å². The predicted octanol–water partition coefficient (Wildman–Crippen LogP) is 4.48. The van der Waals surface area contributed by atoms with Crippen molar-refractivity contribution in [1.82, 2.24) is 4.98 Å². The standard InChI is InChI=1S/C16H18ClN3S/c1-3-4-6-11-9-14(17)20-16(19)15(11)21-13-8-5-7-12(18)10(13)2/h3-5,7-9H,6,18H2,1-2H3,(H2,19,20)/b4-3+. The van der Waals surface area contributed by atoms with Crippen LogP contribution < -0.4 is 11.5 Å². The van der Waals surface area contributed by atoms with E-state index in [4.69, 9.17) is 23.1 Å². The number of rotatable bonds is 4. The van der Waals surface area contributed by atoms with Gasteiger partial charge in [-0.1, -0.05) is 41.6 Å². The van der Waals surface area contributed by atoms with E-state index in [9.17, 15) is 0 Å². The van der Waals surface area contributed by atoms with Gasteiger partial charge in [-0.25, -0.2) is 4.98 Å². The number of aromatic nitrogens is 1. The molecule has 0 aliphatic heterocycles. The van der Waals surface area contributed by atoms with Crippen LogP contribution in [0.2, 0.25) is 5.15 Å². The fraction of sp³-hybridized carbons (Fsp3) is 0.188. The SMILES string of the molecule is C/C=C/Cc1cc(Cl)nc(N)c1Sc1cccc(N)c1C. The molecule has 5 heteroatoms. The van der Waals surface area contributed by atoms with Crippen molar-refractivity contribution in [2.45, 2.75) is 30.1 Å². The molecular weight excluding hydrogens is 302 g/mol. The zero-order chi connectivity index (χ0) is 15.4. The Bertz CT molecular complexity index is 683. The summed E-state index contributed by atoms with van der Waals surface area (Å²) in [6.45, 7) is 3.99. The Hall–Kier alpha value is -1.65. The monoisotopic (exact) mass is 319 g/mol. The van der Waals surface area contributed by atoms with Gasteiger partial charge in [0, 0.05) is 10.6 Å². The van der Waals surface area contributed by atoms with Gasteiger partial charge in [0.1, 0.15) is 11.0 Å². The molecule has 1 aromatic heterocycles. The van der Waals surface area contributed by atoms with E-state index in [0.717, 1.165) is 33.0 Å². The molecule has 0 atom stereocenters. The number of hydrogen-bond acceptors (Lipinski definition) is 4. The highest BCUT2D eigenvalue weighted by molar-refractivity contribution is 7.99. The molecule has 4 N–H and O–H groups in total. The van der Waals surface area contributed by atoms with Crippen LogP contribution in [0.3, 0.4) is 0 Å². The average Bonchev–Trinajstić information content (AvgIpc) is 2.44. The lowest BCUT2D eigenvalue weighted by atomic mass is 10.2. The van der Waals surface area contributed by atoms with Crippen LogP contribution in [0.15, 0.2) is 46.2 Å². The average molecular weight is 320 g/mol. The van der Waals surface area contributed by atoms with Gasteiger partial charge >= 0.3 is 0 Å². The highest BCUT2D eigenvalue weighted by Gasteiger charge is 2.13. The molecule has 3 nitrogen and oxygen atoms in total. The van der Waals surface area contributed by atoms with E-state index in [1.807, 2.05) is 44.2 Å². The van der Waals surface area contributed by atoms with E-state index >= 15 is 0 Å². The van der Waals surface area contributed by atoms with Crippen molar-refractivity contribution in [2.75, 3.05) is 11.5 Å². The number of nitrogens with zero attached hydrogens (tertiary/aromatic N) is 1. The molecule has 1 aromatic carbocycles. The Morgan fingerprint density at radius 1 is 1.33 bits per heavy atom. The molecule has 0 amide bonds. The summed E-state index contributed by atoms with van der Waals surface area (Å²) in [4.78, 5) is 6.17. The maximum Gasteiger partial charge on any atom is 0.139 e. The van der Waals surface area contributed by atoms with Crippen LogP contribution in [-0.4, -0.2) is 4.98 Å². The second kappa shape index (κ2) is 6.87. The first-order chi connectivity index (χ1) is 10.0. The van der Waals surface area contributed by atoms with Crippen molar-refractivity contribution < 1.29 is 0 Å². The fourth-order valence-corrected chi connectivity index (χ4v) is 3.22. The largest absolute Gasteiger partial charge is 0.398 e.